The fourth-order valence-electron chi connectivity index (χ4n) is 4.44. The number of benzene rings is 1. The largest absolute Gasteiger partial charge is 0.508 e. The van der Waals surface area contributed by atoms with Gasteiger partial charge in [0, 0.05) is 12.0 Å². The number of aryl methyl sites for hydroxylation is 1. The average Bonchev–Trinajstić information content (AvgIpc) is 2.40. The van der Waals surface area contributed by atoms with Crippen LogP contribution in [-0.2, 0) is 11.8 Å². The number of fused-ring (bicyclic) bond motifs is 3. The number of phenolic OH excluding ortho intramolecular Hbond substituents is 1. The van der Waals surface area contributed by atoms with Crippen LogP contribution in [0.3, 0.4) is 0 Å². The summed E-state index contributed by atoms with van der Waals surface area (Å²) in [6.45, 7) is 4.70. The predicted octanol–water partition coefficient (Wildman–Crippen LogP) is 3.33. The van der Waals surface area contributed by atoms with Gasteiger partial charge in [0.05, 0.1) is 0 Å². The van der Waals surface area contributed by atoms with Crippen molar-refractivity contribution in [2.75, 3.05) is 20.1 Å². The number of aromatic hydroxyl groups is 1. The molecule has 2 nitrogen and oxygen atoms in total. The molecule has 2 atom stereocenters. The van der Waals surface area contributed by atoms with Crippen LogP contribution in [0.15, 0.2) is 18.2 Å². The van der Waals surface area contributed by atoms with Crippen molar-refractivity contribution >= 4 is 0 Å². The highest BCUT2D eigenvalue weighted by Gasteiger charge is 2.45. The molecule has 19 heavy (non-hydrogen) atoms. The molecule has 1 aliphatic carbocycles. The average molecular weight is 259 g/mol. The summed E-state index contributed by atoms with van der Waals surface area (Å²) >= 11 is 0. The molecule has 0 saturated carbocycles. The van der Waals surface area contributed by atoms with Gasteiger partial charge >= 0.3 is 0 Å². The van der Waals surface area contributed by atoms with Crippen LogP contribution in [0.5, 0.6) is 5.75 Å². The van der Waals surface area contributed by atoms with Crippen LogP contribution in [0.1, 0.15) is 43.7 Å². The minimum Gasteiger partial charge on any atom is -0.508 e. The number of hydrogen-bond donors (Lipinski definition) is 1. The second-order valence-electron chi connectivity index (χ2n) is 6.50. The molecule has 1 N–H and O–H groups in total. The third-order valence-corrected chi connectivity index (χ3v) is 5.34. The summed E-state index contributed by atoms with van der Waals surface area (Å²) in [4.78, 5) is 2.48. The molecule has 1 fully saturated rings. The van der Waals surface area contributed by atoms with Gasteiger partial charge < -0.3 is 10.0 Å². The lowest BCUT2D eigenvalue weighted by molar-refractivity contribution is 0.0856. The Morgan fingerprint density at radius 3 is 3.05 bits per heavy atom. The molecule has 104 valence electrons. The zero-order valence-electron chi connectivity index (χ0n) is 12.2. The molecule has 3 rings (SSSR count). The van der Waals surface area contributed by atoms with Gasteiger partial charge in [-0.3, -0.25) is 0 Å². The molecule has 0 spiro atoms. The summed E-state index contributed by atoms with van der Waals surface area (Å²) < 4.78 is 0. The van der Waals surface area contributed by atoms with Gasteiger partial charge in [0.15, 0.2) is 0 Å². The van der Waals surface area contributed by atoms with E-state index < -0.39 is 0 Å². The van der Waals surface area contributed by atoms with Gasteiger partial charge in [0.2, 0.25) is 0 Å². The SMILES string of the molecule is CCC[C@@]12CCN(C)C[C@@H]1CCc1ccc(O)cc12. The molecule has 1 heterocycles. The molecule has 1 aromatic carbocycles. The van der Waals surface area contributed by atoms with E-state index in [0.29, 0.717) is 11.2 Å². The minimum atomic E-state index is 0.327. The summed E-state index contributed by atoms with van der Waals surface area (Å²) in [5.41, 5.74) is 3.26. The van der Waals surface area contributed by atoms with Gasteiger partial charge in [0.25, 0.3) is 0 Å². The Morgan fingerprint density at radius 2 is 2.26 bits per heavy atom. The van der Waals surface area contributed by atoms with Crippen LogP contribution in [0.4, 0.5) is 0 Å². The lowest BCUT2D eigenvalue weighted by Crippen LogP contribution is -2.51. The summed E-state index contributed by atoms with van der Waals surface area (Å²) in [5.74, 6) is 1.20. The Hall–Kier alpha value is -1.02. The molecule has 0 bridgehead atoms. The van der Waals surface area contributed by atoms with E-state index in [1.165, 1.54) is 56.3 Å². The summed E-state index contributed by atoms with van der Waals surface area (Å²) in [6, 6.07) is 6.06. The first-order chi connectivity index (χ1) is 9.15. The fourth-order valence-corrected chi connectivity index (χ4v) is 4.44. The molecule has 1 aliphatic heterocycles. The van der Waals surface area contributed by atoms with Gasteiger partial charge in [-0.05, 0) is 68.5 Å². The van der Waals surface area contributed by atoms with Crippen LogP contribution in [-0.4, -0.2) is 30.1 Å². The number of hydrogen-bond acceptors (Lipinski definition) is 2. The molecule has 1 aromatic rings. The zero-order chi connectivity index (χ0) is 13.5. The molecule has 1 saturated heterocycles. The summed E-state index contributed by atoms with van der Waals surface area (Å²) in [5, 5.41) is 9.90. The van der Waals surface area contributed by atoms with Crippen molar-refractivity contribution in [1.29, 1.82) is 0 Å². The zero-order valence-corrected chi connectivity index (χ0v) is 12.2. The first-order valence-corrected chi connectivity index (χ1v) is 7.66. The van der Waals surface area contributed by atoms with Gasteiger partial charge in [-0.1, -0.05) is 19.4 Å². The van der Waals surface area contributed by atoms with E-state index in [2.05, 4.69) is 31.0 Å². The molecule has 0 radical (unpaired) electrons. The monoisotopic (exact) mass is 259 g/mol. The van der Waals surface area contributed by atoms with E-state index in [4.69, 9.17) is 0 Å². The van der Waals surface area contributed by atoms with Crippen molar-refractivity contribution in [3.8, 4) is 5.75 Å². The molecular weight excluding hydrogens is 234 g/mol. The van der Waals surface area contributed by atoms with Crippen molar-refractivity contribution in [3.05, 3.63) is 29.3 Å². The molecule has 2 aliphatic rings. The highest BCUT2D eigenvalue weighted by atomic mass is 16.3. The number of piperidine rings is 1. The molecule has 0 unspecified atom stereocenters. The highest BCUT2D eigenvalue weighted by molar-refractivity contribution is 5.43. The molecule has 0 aromatic heterocycles. The van der Waals surface area contributed by atoms with E-state index in [9.17, 15) is 5.11 Å². The fraction of sp³-hybridized carbons (Fsp3) is 0.647. The molecule has 2 heteroatoms. The maximum Gasteiger partial charge on any atom is 0.115 e. The normalized spacial score (nSPS) is 30.7. The standard InChI is InChI=1S/C17H25NO/c1-3-8-17-9-10-18(2)12-14(17)6-4-13-5-7-15(19)11-16(13)17/h5,7,11,14,19H,3-4,6,8-10,12H2,1-2H3/t14-,17+/m0/s1. The van der Waals surface area contributed by atoms with Crippen molar-refractivity contribution in [2.45, 2.75) is 44.4 Å². The van der Waals surface area contributed by atoms with Crippen molar-refractivity contribution in [1.82, 2.24) is 4.90 Å². The van der Waals surface area contributed by atoms with E-state index >= 15 is 0 Å². The summed E-state index contributed by atoms with van der Waals surface area (Å²) in [7, 11) is 2.24. The van der Waals surface area contributed by atoms with Crippen molar-refractivity contribution in [2.24, 2.45) is 5.92 Å². The van der Waals surface area contributed by atoms with Crippen molar-refractivity contribution < 1.29 is 5.11 Å². The maximum absolute atomic E-state index is 9.90. The number of likely N-dealkylation sites (tertiary alicyclic amines) is 1. The van der Waals surface area contributed by atoms with E-state index in [1.807, 2.05) is 6.07 Å². The maximum atomic E-state index is 9.90. The molecule has 0 amide bonds. The first-order valence-electron chi connectivity index (χ1n) is 7.66. The topological polar surface area (TPSA) is 23.5 Å². The number of rotatable bonds is 2. The smallest absolute Gasteiger partial charge is 0.115 e. The number of phenols is 1. The van der Waals surface area contributed by atoms with Crippen molar-refractivity contribution in [3.63, 3.8) is 0 Å². The summed E-state index contributed by atoms with van der Waals surface area (Å²) in [6.07, 6.45) is 6.23. The molecular formula is C17H25NO. The van der Waals surface area contributed by atoms with Crippen LogP contribution in [0, 0.1) is 5.92 Å². The van der Waals surface area contributed by atoms with E-state index in [1.54, 1.807) is 0 Å². The van der Waals surface area contributed by atoms with Crippen LogP contribution in [0.2, 0.25) is 0 Å². The third kappa shape index (κ3) is 2.06. The Kier molecular flexibility index (Phi) is 3.30. The van der Waals surface area contributed by atoms with Gasteiger partial charge in [-0.2, -0.15) is 0 Å². The number of nitrogens with zero attached hydrogens (tertiary/aromatic N) is 1. The predicted molar refractivity (Wildman–Crippen MR) is 78.6 cm³/mol. The Balaban J connectivity index is 2.08. The van der Waals surface area contributed by atoms with Crippen LogP contribution in [0.25, 0.3) is 0 Å². The minimum absolute atomic E-state index is 0.327. The van der Waals surface area contributed by atoms with Gasteiger partial charge in [-0.15, -0.1) is 0 Å². The Bertz CT molecular complexity index is 470. The highest BCUT2D eigenvalue weighted by Crippen LogP contribution is 2.50. The van der Waals surface area contributed by atoms with Crippen LogP contribution >= 0.6 is 0 Å². The van der Waals surface area contributed by atoms with Gasteiger partial charge in [0.1, 0.15) is 5.75 Å². The first kappa shape index (κ1) is 13.0. The van der Waals surface area contributed by atoms with E-state index in [-0.39, 0.29) is 0 Å². The Morgan fingerprint density at radius 1 is 1.42 bits per heavy atom. The van der Waals surface area contributed by atoms with E-state index in [0.717, 1.165) is 5.92 Å². The Labute approximate surface area is 116 Å². The quantitative estimate of drug-likeness (QED) is 0.880. The third-order valence-electron chi connectivity index (χ3n) is 5.34. The second-order valence-corrected chi connectivity index (χ2v) is 6.50. The lowest BCUT2D eigenvalue weighted by Gasteiger charge is -2.51. The second kappa shape index (κ2) is 4.82. The lowest BCUT2D eigenvalue weighted by atomic mass is 9.58. The van der Waals surface area contributed by atoms with Crippen LogP contribution < -0.4 is 0 Å². The van der Waals surface area contributed by atoms with Gasteiger partial charge in [-0.25, -0.2) is 0 Å².